The first kappa shape index (κ1) is 9.82. The number of aliphatic hydroxyl groups is 4. The second-order valence-electron chi connectivity index (χ2n) is 2.72. The van der Waals surface area contributed by atoms with Gasteiger partial charge in [-0.05, 0) is 0 Å². The van der Waals surface area contributed by atoms with E-state index in [1.165, 1.54) is 0 Å². The van der Waals surface area contributed by atoms with Crippen molar-refractivity contribution >= 4 is 17.2 Å². The normalized spacial score (nSPS) is 42.5. The first-order valence-electron chi connectivity index (χ1n) is 3.53. The van der Waals surface area contributed by atoms with Crippen LogP contribution in [0, 0.1) is 0 Å². The first-order chi connectivity index (χ1) is 5.57. The lowest BCUT2D eigenvalue weighted by atomic mass is 9.97. The van der Waals surface area contributed by atoms with Crippen LogP contribution in [0.4, 0.5) is 0 Å². The van der Waals surface area contributed by atoms with E-state index in [2.05, 4.69) is 17.5 Å². The predicted molar refractivity (Wildman–Crippen MR) is 44.6 cm³/mol. The molecule has 0 aromatic carbocycles. The molecule has 0 spiro atoms. The van der Waals surface area contributed by atoms with Gasteiger partial charge in [0.15, 0.2) is 0 Å². The van der Waals surface area contributed by atoms with Gasteiger partial charge < -0.3 is 25.7 Å². The van der Waals surface area contributed by atoms with Crippen molar-refractivity contribution in [3.63, 3.8) is 0 Å². The number of thiocarbonyl (C=S) groups is 1. The van der Waals surface area contributed by atoms with Gasteiger partial charge in [-0.1, -0.05) is 12.2 Å². The van der Waals surface area contributed by atoms with Crippen molar-refractivity contribution in [2.24, 2.45) is 0 Å². The van der Waals surface area contributed by atoms with Crippen LogP contribution in [-0.2, 0) is 0 Å². The maximum absolute atomic E-state index is 9.23. The molecule has 0 saturated carbocycles. The predicted octanol–water partition coefficient (Wildman–Crippen LogP) is -2.64. The molecule has 1 aliphatic rings. The summed E-state index contributed by atoms with van der Waals surface area (Å²) in [5.41, 5.74) is 0. The number of nitrogens with one attached hydrogen (secondary N) is 1. The van der Waals surface area contributed by atoms with E-state index in [1.807, 2.05) is 0 Å². The van der Waals surface area contributed by atoms with Crippen LogP contribution in [0.1, 0.15) is 0 Å². The van der Waals surface area contributed by atoms with Gasteiger partial charge >= 0.3 is 0 Å². The molecule has 12 heavy (non-hydrogen) atoms. The largest absolute Gasteiger partial charge is 0.394 e. The molecule has 0 aliphatic carbocycles. The molecule has 0 aromatic heterocycles. The van der Waals surface area contributed by atoms with Gasteiger partial charge in [-0.15, -0.1) is 0 Å². The average Bonchev–Trinajstić information content (AvgIpc) is 2.08. The topological polar surface area (TPSA) is 93.0 Å². The highest BCUT2D eigenvalue weighted by Crippen LogP contribution is 2.11. The Balaban J connectivity index is 2.70. The zero-order valence-corrected chi connectivity index (χ0v) is 7.03. The summed E-state index contributed by atoms with van der Waals surface area (Å²) in [5, 5.41) is 38.8. The SMILES string of the molecule is OC[C@H]1NC(=S)[C@@H](O)[C@@H](O)[C@@H]1O. The molecule has 0 amide bonds. The van der Waals surface area contributed by atoms with Crippen LogP contribution in [0.3, 0.4) is 0 Å². The highest BCUT2D eigenvalue weighted by molar-refractivity contribution is 7.80. The molecular weight excluding hydrogens is 182 g/mol. The highest BCUT2D eigenvalue weighted by Gasteiger charge is 2.38. The summed E-state index contributed by atoms with van der Waals surface area (Å²) in [5.74, 6) is 0. The minimum Gasteiger partial charge on any atom is -0.394 e. The molecule has 70 valence electrons. The third kappa shape index (κ3) is 1.57. The maximum atomic E-state index is 9.23. The van der Waals surface area contributed by atoms with Crippen molar-refractivity contribution in [1.29, 1.82) is 0 Å². The van der Waals surface area contributed by atoms with Crippen molar-refractivity contribution in [3.05, 3.63) is 0 Å². The number of aliphatic hydroxyl groups excluding tert-OH is 4. The van der Waals surface area contributed by atoms with Crippen LogP contribution in [0.15, 0.2) is 0 Å². The van der Waals surface area contributed by atoms with Gasteiger partial charge in [0, 0.05) is 0 Å². The number of hydrogen-bond donors (Lipinski definition) is 5. The fourth-order valence-electron chi connectivity index (χ4n) is 1.09. The molecule has 0 aromatic rings. The minimum absolute atomic E-state index is 0.0480. The van der Waals surface area contributed by atoms with Crippen LogP contribution in [0.2, 0.25) is 0 Å². The summed E-state index contributed by atoms with van der Waals surface area (Å²) >= 11 is 4.66. The van der Waals surface area contributed by atoms with E-state index < -0.39 is 24.4 Å². The van der Waals surface area contributed by atoms with E-state index in [-0.39, 0.29) is 11.6 Å². The van der Waals surface area contributed by atoms with Gasteiger partial charge in [-0.25, -0.2) is 0 Å². The second kappa shape index (κ2) is 3.63. The molecule has 1 rings (SSSR count). The Kier molecular flexibility index (Phi) is 2.97. The minimum atomic E-state index is -1.32. The van der Waals surface area contributed by atoms with Crippen LogP contribution in [0.5, 0.6) is 0 Å². The van der Waals surface area contributed by atoms with E-state index in [9.17, 15) is 10.2 Å². The van der Waals surface area contributed by atoms with Crippen molar-refractivity contribution in [3.8, 4) is 0 Å². The Labute approximate surface area is 74.6 Å². The van der Waals surface area contributed by atoms with Gasteiger partial charge in [0.2, 0.25) is 0 Å². The Hall–Kier alpha value is -0.270. The van der Waals surface area contributed by atoms with Gasteiger partial charge in [-0.3, -0.25) is 0 Å². The van der Waals surface area contributed by atoms with E-state index in [0.717, 1.165) is 0 Å². The first-order valence-corrected chi connectivity index (χ1v) is 3.94. The molecule has 6 heteroatoms. The van der Waals surface area contributed by atoms with E-state index in [4.69, 9.17) is 10.2 Å². The fraction of sp³-hybridized carbons (Fsp3) is 0.833. The molecule has 0 radical (unpaired) electrons. The number of rotatable bonds is 1. The maximum Gasteiger partial charge on any atom is 0.132 e. The number of piperidine rings is 1. The quantitative estimate of drug-likeness (QED) is 0.292. The summed E-state index contributed by atoms with van der Waals surface area (Å²) in [4.78, 5) is 0.0480. The highest BCUT2D eigenvalue weighted by atomic mass is 32.1. The molecule has 1 saturated heterocycles. The van der Waals surface area contributed by atoms with Crippen LogP contribution in [-0.4, -0.2) is 56.4 Å². The van der Waals surface area contributed by atoms with Crippen LogP contribution >= 0.6 is 12.2 Å². The Morgan fingerprint density at radius 1 is 1.25 bits per heavy atom. The summed E-state index contributed by atoms with van der Waals surface area (Å²) in [6, 6.07) is -0.698. The molecule has 1 fully saturated rings. The third-order valence-corrected chi connectivity index (χ3v) is 2.24. The fourth-order valence-corrected chi connectivity index (χ4v) is 1.38. The molecule has 1 aliphatic heterocycles. The summed E-state index contributed by atoms with van der Waals surface area (Å²) < 4.78 is 0. The van der Waals surface area contributed by atoms with Crippen molar-refractivity contribution < 1.29 is 20.4 Å². The summed E-state index contributed by atoms with van der Waals surface area (Å²) in [6.07, 6.45) is -3.77. The molecule has 5 N–H and O–H groups in total. The lowest BCUT2D eigenvalue weighted by Gasteiger charge is -2.36. The number of hydrogen-bond acceptors (Lipinski definition) is 5. The van der Waals surface area contributed by atoms with E-state index >= 15 is 0 Å². The lowest BCUT2D eigenvalue weighted by molar-refractivity contribution is -0.0667. The van der Waals surface area contributed by atoms with Crippen LogP contribution < -0.4 is 5.32 Å². The lowest BCUT2D eigenvalue weighted by Crippen LogP contribution is -2.63. The zero-order chi connectivity index (χ0) is 9.30. The zero-order valence-electron chi connectivity index (χ0n) is 6.21. The Bertz CT molecular complexity index is 186. The smallest absolute Gasteiger partial charge is 0.132 e. The monoisotopic (exact) mass is 193 g/mol. The van der Waals surface area contributed by atoms with Gasteiger partial charge in [0.1, 0.15) is 23.3 Å². The molecular formula is C6H11NO4S. The van der Waals surface area contributed by atoms with Crippen molar-refractivity contribution in [2.45, 2.75) is 24.4 Å². The molecule has 1 heterocycles. The average molecular weight is 193 g/mol. The standard InChI is InChI=1S/C6H11NO4S/c8-1-2-3(9)4(10)5(11)6(12)7-2/h2-5,8-11H,1H2,(H,7,12)/t2-,3-,4+,5+/m1/s1. The Morgan fingerprint density at radius 3 is 2.33 bits per heavy atom. The van der Waals surface area contributed by atoms with Crippen molar-refractivity contribution in [1.82, 2.24) is 5.32 Å². The van der Waals surface area contributed by atoms with Gasteiger partial charge in [-0.2, -0.15) is 0 Å². The van der Waals surface area contributed by atoms with E-state index in [1.54, 1.807) is 0 Å². The molecule has 4 atom stereocenters. The third-order valence-electron chi connectivity index (χ3n) is 1.88. The molecule has 0 bridgehead atoms. The summed E-state index contributed by atoms with van der Waals surface area (Å²) in [6.45, 7) is -0.342. The second-order valence-corrected chi connectivity index (χ2v) is 3.16. The van der Waals surface area contributed by atoms with Gasteiger partial charge in [0.25, 0.3) is 0 Å². The molecule has 5 nitrogen and oxygen atoms in total. The van der Waals surface area contributed by atoms with Crippen LogP contribution in [0.25, 0.3) is 0 Å². The van der Waals surface area contributed by atoms with Crippen molar-refractivity contribution in [2.75, 3.05) is 6.61 Å². The molecule has 0 unspecified atom stereocenters. The van der Waals surface area contributed by atoms with E-state index in [0.29, 0.717) is 0 Å². The summed E-state index contributed by atoms with van der Waals surface area (Å²) in [7, 11) is 0. The Morgan fingerprint density at radius 2 is 1.83 bits per heavy atom. The van der Waals surface area contributed by atoms with Gasteiger partial charge in [0.05, 0.1) is 12.6 Å².